The van der Waals surface area contributed by atoms with E-state index in [0.717, 1.165) is 13.1 Å². The lowest BCUT2D eigenvalue weighted by atomic mass is 10.0. The standard InChI is InChI=1S/C17H27ClN4O2.C5H12/c1-6-19-16(18)9-12(2)20-17(24)7-8-21-10-13(3)22(15(5)23)14(4)11-21;1-5(2,3)4/h6,9,13-14H,1,7-8,10-11H2,2-5H3,(H,20,24);1-4H3/b12-9+,19-16?;. The fraction of sp³-hybridized carbons (Fsp3) is 0.682. The number of carbonyl (C=O) groups excluding carboxylic acids is 2. The molecule has 1 N–H and O–H groups in total. The molecule has 1 aliphatic heterocycles. The van der Waals surface area contributed by atoms with Gasteiger partial charge >= 0.3 is 0 Å². The number of hydrogen-bond acceptors (Lipinski definition) is 4. The lowest BCUT2D eigenvalue weighted by Crippen LogP contribution is -2.58. The third-order valence-electron chi connectivity index (χ3n) is 3.90. The van der Waals surface area contributed by atoms with Gasteiger partial charge in [0.1, 0.15) is 5.17 Å². The van der Waals surface area contributed by atoms with Gasteiger partial charge < -0.3 is 10.2 Å². The van der Waals surface area contributed by atoms with E-state index in [1.165, 1.54) is 6.20 Å². The van der Waals surface area contributed by atoms with Crippen LogP contribution in [0.4, 0.5) is 0 Å². The van der Waals surface area contributed by atoms with E-state index in [0.29, 0.717) is 24.1 Å². The Bertz CT molecular complexity index is 605. The molecule has 0 aromatic carbocycles. The fourth-order valence-electron chi connectivity index (χ4n) is 3.12. The topological polar surface area (TPSA) is 65.0 Å². The van der Waals surface area contributed by atoms with Crippen LogP contribution in [0, 0.1) is 5.41 Å². The molecule has 2 amide bonds. The number of halogens is 1. The molecule has 1 fully saturated rings. The van der Waals surface area contributed by atoms with Gasteiger partial charge in [0.2, 0.25) is 11.8 Å². The molecule has 0 bridgehead atoms. The van der Waals surface area contributed by atoms with E-state index in [2.05, 4.69) is 49.5 Å². The first-order valence-corrected chi connectivity index (χ1v) is 10.5. The van der Waals surface area contributed by atoms with Gasteiger partial charge in [0.25, 0.3) is 0 Å². The van der Waals surface area contributed by atoms with Crippen LogP contribution in [0.1, 0.15) is 61.8 Å². The van der Waals surface area contributed by atoms with Gasteiger partial charge in [-0.1, -0.05) is 45.9 Å². The second-order valence-corrected chi connectivity index (χ2v) is 9.53. The van der Waals surface area contributed by atoms with E-state index in [1.807, 2.05) is 18.7 Å². The minimum atomic E-state index is -0.0684. The SMILES string of the molecule is C=CN=C(Cl)/C=C(\C)NC(=O)CCN1CC(C)N(C(C)=O)C(C)C1.CC(C)(C)C. The molecule has 0 aromatic rings. The van der Waals surface area contributed by atoms with Crippen molar-refractivity contribution in [3.05, 3.63) is 24.6 Å². The van der Waals surface area contributed by atoms with E-state index in [4.69, 9.17) is 11.6 Å². The van der Waals surface area contributed by atoms with Crippen LogP contribution in [0.25, 0.3) is 0 Å². The van der Waals surface area contributed by atoms with Crippen LogP contribution in [0.15, 0.2) is 29.5 Å². The van der Waals surface area contributed by atoms with Crippen molar-refractivity contribution in [3.8, 4) is 0 Å². The van der Waals surface area contributed by atoms with Crippen LogP contribution in [0.3, 0.4) is 0 Å². The van der Waals surface area contributed by atoms with Gasteiger partial charge in [-0.3, -0.25) is 14.5 Å². The minimum absolute atomic E-state index is 0.0684. The summed E-state index contributed by atoms with van der Waals surface area (Å²) >= 11 is 5.84. The second kappa shape index (κ2) is 12.8. The quantitative estimate of drug-likeness (QED) is 0.648. The highest BCUT2D eigenvalue weighted by molar-refractivity contribution is 6.68. The van der Waals surface area contributed by atoms with Crippen LogP contribution in [0.5, 0.6) is 0 Å². The summed E-state index contributed by atoms with van der Waals surface area (Å²) in [5.74, 6) is 0.0346. The number of carbonyl (C=O) groups is 2. The summed E-state index contributed by atoms with van der Waals surface area (Å²) in [5.41, 5.74) is 1.14. The van der Waals surface area contributed by atoms with Crippen molar-refractivity contribution < 1.29 is 9.59 Å². The van der Waals surface area contributed by atoms with E-state index >= 15 is 0 Å². The molecule has 6 nitrogen and oxygen atoms in total. The fourth-order valence-corrected chi connectivity index (χ4v) is 3.35. The third-order valence-corrected chi connectivity index (χ3v) is 4.11. The zero-order valence-electron chi connectivity index (χ0n) is 19.4. The molecule has 0 radical (unpaired) electrons. The van der Waals surface area contributed by atoms with Crippen molar-refractivity contribution in [3.63, 3.8) is 0 Å². The monoisotopic (exact) mass is 426 g/mol. The number of amides is 2. The lowest BCUT2D eigenvalue weighted by molar-refractivity contribution is -0.137. The van der Waals surface area contributed by atoms with Crippen molar-refractivity contribution in [2.45, 2.75) is 73.9 Å². The highest BCUT2D eigenvalue weighted by atomic mass is 35.5. The maximum Gasteiger partial charge on any atom is 0.225 e. The molecule has 166 valence electrons. The number of nitrogens with zero attached hydrogens (tertiary/aromatic N) is 3. The van der Waals surface area contributed by atoms with Gasteiger partial charge in [-0.05, 0) is 32.3 Å². The molecule has 7 heteroatoms. The Labute approximate surface area is 182 Å². The molecule has 2 atom stereocenters. The first-order chi connectivity index (χ1) is 13.2. The average Bonchev–Trinajstić information content (AvgIpc) is 2.50. The number of allylic oxidation sites excluding steroid dienone is 2. The summed E-state index contributed by atoms with van der Waals surface area (Å²) in [6, 6.07) is 0.315. The summed E-state index contributed by atoms with van der Waals surface area (Å²) in [6.45, 7) is 21.9. The van der Waals surface area contributed by atoms with Gasteiger partial charge in [0, 0.05) is 57.0 Å². The summed E-state index contributed by atoms with van der Waals surface area (Å²) in [7, 11) is 0. The van der Waals surface area contributed by atoms with Crippen molar-refractivity contribution in [2.75, 3.05) is 19.6 Å². The molecular formula is C22H39ClN4O2. The van der Waals surface area contributed by atoms with Gasteiger partial charge in [0.05, 0.1) is 0 Å². The number of hydrogen-bond donors (Lipinski definition) is 1. The molecule has 0 saturated carbocycles. The lowest BCUT2D eigenvalue weighted by Gasteiger charge is -2.44. The Balaban J connectivity index is 0.00000139. The van der Waals surface area contributed by atoms with Gasteiger partial charge in [-0.2, -0.15) is 0 Å². The van der Waals surface area contributed by atoms with Crippen molar-refractivity contribution in [1.29, 1.82) is 0 Å². The highest BCUT2D eigenvalue weighted by Crippen LogP contribution is 2.16. The van der Waals surface area contributed by atoms with Crippen molar-refractivity contribution in [2.24, 2.45) is 10.4 Å². The van der Waals surface area contributed by atoms with Crippen molar-refractivity contribution >= 4 is 28.6 Å². The first kappa shape index (κ1) is 27.3. The molecule has 29 heavy (non-hydrogen) atoms. The van der Waals surface area contributed by atoms with Crippen LogP contribution >= 0.6 is 11.6 Å². The molecule has 1 aliphatic rings. The molecule has 2 unspecified atom stereocenters. The molecule has 0 spiro atoms. The Hall–Kier alpha value is -1.66. The smallest absolute Gasteiger partial charge is 0.225 e. The van der Waals surface area contributed by atoms with Crippen LogP contribution in [-0.2, 0) is 9.59 Å². The Morgan fingerprint density at radius 3 is 2.07 bits per heavy atom. The predicted octanol–water partition coefficient (Wildman–Crippen LogP) is 4.17. The molecular weight excluding hydrogens is 388 g/mol. The van der Waals surface area contributed by atoms with E-state index in [1.54, 1.807) is 19.9 Å². The number of piperazine rings is 1. The molecule has 1 rings (SSSR count). The second-order valence-electron chi connectivity index (χ2n) is 9.14. The van der Waals surface area contributed by atoms with Crippen LogP contribution in [0.2, 0.25) is 0 Å². The van der Waals surface area contributed by atoms with Crippen LogP contribution < -0.4 is 5.32 Å². The Kier molecular flexibility index (Phi) is 12.1. The van der Waals surface area contributed by atoms with E-state index < -0.39 is 0 Å². The summed E-state index contributed by atoms with van der Waals surface area (Å²) < 4.78 is 0. The minimum Gasteiger partial charge on any atom is -0.335 e. The zero-order valence-corrected chi connectivity index (χ0v) is 20.1. The largest absolute Gasteiger partial charge is 0.335 e. The molecule has 0 aliphatic carbocycles. The summed E-state index contributed by atoms with van der Waals surface area (Å²) in [4.78, 5) is 31.6. The zero-order chi connectivity index (χ0) is 22.8. The Morgan fingerprint density at radius 1 is 1.17 bits per heavy atom. The maximum absolute atomic E-state index is 12.0. The third kappa shape index (κ3) is 13.2. The molecule has 0 aromatic heterocycles. The van der Waals surface area contributed by atoms with Gasteiger partial charge in [-0.15, -0.1) is 0 Å². The maximum atomic E-state index is 12.0. The van der Waals surface area contributed by atoms with E-state index in [9.17, 15) is 9.59 Å². The molecule has 1 saturated heterocycles. The number of aliphatic imine (C=N–C) groups is 1. The normalized spacial score (nSPS) is 21.2. The van der Waals surface area contributed by atoms with E-state index in [-0.39, 0.29) is 29.1 Å². The number of rotatable bonds is 6. The van der Waals surface area contributed by atoms with Gasteiger partial charge in [-0.25, -0.2) is 4.99 Å². The van der Waals surface area contributed by atoms with Gasteiger partial charge in [0.15, 0.2) is 0 Å². The van der Waals surface area contributed by atoms with Crippen LogP contribution in [-0.4, -0.2) is 58.5 Å². The predicted molar refractivity (Wildman–Crippen MR) is 123 cm³/mol. The summed E-state index contributed by atoms with van der Waals surface area (Å²) in [6.07, 6.45) is 3.31. The average molecular weight is 427 g/mol. The first-order valence-electron chi connectivity index (χ1n) is 10.1. The molecule has 1 heterocycles. The van der Waals surface area contributed by atoms with Crippen molar-refractivity contribution in [1.82, 2.24) is 15.1 Å². The summed E-state index contributed by atoms with van der Waals surface area (Å²) in [5, 5.41) is 3.06. The highest BCUT2D eigenvalue weighted by Gasteiger charge is 2.30. The number of nitrogens with one attached hydrogen (secondary N) is 1. The Morgan fingerprint density at radius 2 is 1.66 bits per heavy atom.